The van der Waals surface area contributed by atoms with E-state index in [2.05, 4.69) is 10.6 Å². The van der Waals surface area contributed by atoms with Crippen molar-refractivity contribution in [3.63, 3.8) is 0 Å². The predicted octanol–water partition coefficient (Wildman–Crippen LogP) is 4.57. The van der Waals surface area contributed by atoms with Crippen molar-refractivity contribution in [1.29, 1.82) is 0 Å². The summed E-state index contributed by atoms with van der Waals surface area (Å²) in [6, 6.07) is 10.1. The maximum Gasteiger partial charge on any atom is 0.246 e. The number of carbonyl (C=O) groups is 1. The Balaban J connectivity index is 2.00. The molecule has 2 rings (SSSR count). The first-order valence-electron chi connectivity index (χ1n) is 6.23. The van der Waals surface area contributed by atoms with Crippen molar-refractivity contribution in [1.82, 2.24) is 0 Å². The van der Waals surface area contributed by atoms with Crippen LogP contribution in [0.5, 0.6) is 0 Å². The van der Waals surface area contributed by atoms with Gasteiger partial charge in [-0.05, 0) is 49.4 Å². The van der Waals surface area contributed by atoms with E-state index in [1.807, 2.05) is 0 Å². The normalized spacial score (nSPS) is 11.8. The molecule has 0 unspecified atom stereocenters. The molecule has 3 nitrogen and oxygen atoms in total. The number of hydrogen-bond acceptors (Lipinski definition) is 2. The van der Waals surface area contributed by atoms with Gasteiger partial charge in [-0.25, -0.2) is 4.39 Å². The number of nitrogens with one attached hydrogen (secondary N) is 2. The van der Waals surface area contributed by atoms with Crippen LogP contribution < -0.4 is 10.6 Å². The van der Waals surface area contributed by atoms with Crippen molar-refractivity contribution in [2.45, 2.75) is 13.0 Å². The molecule has 0 bridgehead atoms. The van der Waals surface area contributed by atoms with Gasteiger partial charge >= 0.3 is 0 Å². The minimum absolute atomic E-state index is 0.252. The van der Waals surface area contributed by atoms with Gasteiger partial charge < -0.3 is 10.6 Å². The number of rotatable bonds is 4. The summed E-state index contributed by atoms with van der Waals surface area (Å²) < 4.78 is 12.8. The first-order valence-corrected chi connectivity index (χ1v) is 6.99. The van der Waals surface area contributed by atoms with Gasteiger partial charge in [0.2, 0.25) is 5.91 Å². The van der Waals surface area contributed by atoms with E-state index in [1.54, 1.807) is 37.3 Å². The van der Waals surface area contributed by atoms with E-state index in [0.717, 1.165) is 0 Å². The third-order valence-electron chi connectivity index (χ3n) is 2.75. The fourth-order valence-electron chi connectivity index (χ4n) is 1.74. The lowest BCUT2D eigenvalue weighted by atomic mass is 10.2. The summed E-state index contributed by atoms with van der Waals surface area (Å²) >= 11 is 11.7. The molecular formula is C15H13Cl2FN2O. The lowest BCUT2D eigenvalue weighted by Gasteiger charge is -2.15. The molecule has 2 aromatic carbocycles. The molecule has 2 aromatic rings. The van der Waals surface area contributed by atoms with Crippen LogP contribution in [-0.4, -0.2) is 11.9 Å². The van der Waals surface area contributed by atoms with E-state index in [4.69, 9.17) is 23.2 Å². The minimum Gasteiger partial charge on any atom is -0.374 e. The van der Waals surface area contributed by atoms with Crippen molar-refractivity contribution >= 4 is 40.5 Å². The van der Waals surface area contributed by atoms with E-state index in [0.29, 0.717) is 21.4 Å². The molecule has 110 valence electrons. The topological polar surface area (TPSA) is 41.1 Å². The Morgan fingerprint density at radius 1 is 1.05 bits per heavy atom. The molecule has 0 aliphatic carbocycles. The van der Waals surface area contributed by atoms with Gasteiger partial charge in [0.1, 0.15) is 11.9 Å². The molecule has 21 heavy (non-hydrogen) atoms. The van der Waals surface area contributed by atoms with Crippen molar-refractivity contribution in [3.05, 3.63) is 58.3 Å². The summed E-state index contributed by atoms with van der Waals surface area (Å²) in [7, 11) is 0. The average molecular weight is 327 g/mol. The molecule has 2 N–H and O–H groups in total. The number of halogens is 3. The SMILES string of the molecule is C[C@H](Nc1ccc(F)cc1)C(=O)Nc1cc(Cl)cc(Cl)c1. The van der Waals surface area contributed by atoms with Crippen LogP contribution in [0.2, 0.25) is 10.0 Å². The van der Waals surface area contributed by atoms with Crippen LogP contribution in [0.1, 0.15) is 6.92 Å². The Morgan fingerprint density at radius 3 is 2.19 bits per heavy atom. The van der Waals surface area contributed by atoms with E-state index in [1.165, 1.54) is 12.1 Å². The molecule has 0 radical (unpaired) electrons. The molecule has 0 saturated carbocycles. The fraction of sp³-hybridized carbons (Fsp3) is 0.133. The third kappa shape index (κ3) is 4.62. The van der Waals surface area contributed by atoms with Gasteiger partial charge in [-0.1, -0.05) is 23.2 Å². The van der Waals surface area contributed by atoms with E-state index >= 15 is 0 Å². The summed E-state index contributed by atoms with van der Waals surface area (Å²) in [4.78, 5) is 12.1. The Hall–Kier alpha value is -1.78. The van der Waals surface area contributed by atoms with Gasteiger partial charge in [0, 0.05) is 21.4 Å². The molecule has 1 amide bonds. The first kappa shape index (κ1) is 15.6. The van der Waals surface area contributed by atoms with Crippen LogP contribution >= 0.6 is 23.2 Å². The van der Waals surface area contributed by atoms with Gasteiger partial charge in [0.15, 0.2) is 0 Å². The summed E-state index contributed by atoms with van der Waals surface area (Å²) in [6.45, 7) is 1.70. The Labute approximate surface area is 132 Å². The van der Waals surface area contributed by atoms with Gasteiger partial charge in [-0.3, -0.25) is 4.79 Å². The highest BCUT2D eigenvalue weighted by molar-refractivity contribution is 6.35. The molecular weight excluding hydrogens is 314 g/mol. The van der Waals surface area contributed by atoms with Crippen molar-refractivity contribution in [3.8, 4) is 0 Å². The zero-order chi connectivity index (χ0) is 15.4. The number of carbonyl (C=O) groups excluding carboxylic acids is 1. The lowest BCUT2D eigenvalue weighted by Crippen LogP contribution is -2.31. The van der Waals surface area contributed by atoms with Crippen LogP contribution in [0.3, 0.4) is 0 Å². The van der Waals surface area contributed by atoms with Crippen molar-refractivity contribution in [2.24, 2.45) is 0 Å². The van der Waals surface area contributed by atoms with Crippen LogP contribution in [-0.2, 0) is 4.79 Å². The number of hydrogen-bond donors (Lipinski definition) is 2. The fourth-order valence-corrected chi connectivity index (χ4v) is 2.26. The molecule has 6 heteroatoms. The smallest absolute Gasteiger partial charge is 0.246 e. The Morgan fingerprint density at radius 2 is 1.62 bits per heavy atom. The zero-order valence-electron chi connectivity index (χ0n) is 11.2. The van der Waals surface area contributed by atoms with E-state index < -0.39 is 6.04 Å². The number of benzene rings is 2. The standard InChI is InChI=1S/C15H13Cl2FN2O/c1-9(19-13-4-2-12(18)3-5-13)15(21)20-14-7-10(16)6-11(17)8-14/h2-9,19H,1H3,(H,20,21)/t9-/m0/s1. The maximum absolute atomic E-state index is 12.8. The van der Waals surface area contributed by atoms with Gasteiger partial charge in [0.25, 0.3) is 0 Å². The summed E-state index contributed by atoms with van der Waals surface area (Å²) in [5, 5.41) is 6.57. The molecule has 0 aliphatic heterocycles. The summed E-state index contributed by atoms with van der Waals surface area (Å²) in [5.74, 6) is -0.580. The second-order valence-electron chi connectivity index (χ2n) is 4.52. The molecule has 1 atom stereocenters. The average Bonchev–Trinajstić information content (AvgIpc) is 2.40. The van der Waals surface area contributed by atoms with Crippen LogP contribution in [0.25, 0.3) is 0 Å². The van der Waals surface area contributed by atoms with Gasteiger partial charge in [0.05, 0.1) is 0 Å². The number of amides is 1. The quantitative estimate of drug-likeness (QED) is 0.863. The van der Waals surface area contributed by atoms with E-state index in [9.17, 15) is 9.18 Å². The lowest BCUT2D eigenvalue weighted by molar-refractivity contribution is -0.116. The molecule has 0 aromatic heterocycles. The zero-order valence-corrected chi connectivity index (χ0v) is 12.7. The highest BCUT2D eigenvalue weighted by Crippen LogP contribution is 2.22. The predicted molar refractivity (Wildman–Crippen MR) is 84.6 cm³/mol. The van der Waals surface area contributed by atoms with Crippen LogP contribution in [0.4, 0.5) is 15.8 Å². The highest BCUT2D eigenvalue weighted by atomic mass is 35.5. The molecule has 0 spiro atoms. The van der Waals surface area contributed by atoms with E-state index in [-0.39, 0.29) is 11.7 Å². The second-order valence-corrected chi connectivity index (χ2v) is 5.39. The highest BCUT2D eigenvalue weighted by Gasteiger charge is 2.13. The second kappa shape index (κ2) is 6.78. The molecule has 0 heterocycles. The Bertz CT molecular complexity index is 626. The molecule has 0 aliphatic rings. The van der Waals surface area contributed by atoms with Gasteiger partial charge in [-0.2, -0.15) is 0 Å². The summed E-state index contributed by atoms with van der Waals surface area (Å²) in [5.41, 5.74) is 1.17. The molecule has 0 fully saturated rings. The van der Waals surface area contributed by atoms with Gasteiger partial charge in [-0.15, -0.1) is 0 Å². The van der Waals surface area contributed by atoms with Crippen LogP contribution in [0.15, 0.2) is 42.5 Å². The first-order chi connectivity index (χ1) is 9.94. The molecule has 0 saturated heterocycles. The monoisotopic (exact) mass is 326 g/mol. The number of anilines is 2. The van der Waals surface area contributed by atoms with Crippen molar-refractivity contribution in [2.75, 3.05) is 10.6 Å². The largest absolute Gasteiger partial charge is 0.374 e. The third-order valence-corrected chi connectivity index (χ3v) is 3.19. The minimum atomic E-state index is -0.506. The Kier molecular flexibility index (Phi) is 5.04. The van der Waals surface area contributed by atoms with Crippen LogP contribution in [0, 0.1) is 5.82 Å². The van der Waals surface area contributed by atoms with Crippen molar-refractivity contribution < 1.29 is 9.18 Å². The summed E-state index contributed by atoms with van der Waals surface area (Å²) in [6.07, 6.45) is 0. The maximum atomic E-state index is 12.8.